The zero-order chi connectivity index (χ0) is 12.4. The molecule has 1 aromatic carbocycles. The highest BCUT2D eigenvalue weighted by Crippen LogP contribution is 2.17. The van der Waals surface area contributed by atoms with E-state index in [0.29, 0.717) is 11.5 Å². The molecule has 0 fully saturated rings. The van der Waals surface area contributed by atoms with E-state index in [1.54, 1.807) is 10.8 Å². The van der Waals surface area contributed by atoms with Gasteiger partial charge in [-0.3, -0.25) is 9.78 Å². The van der Waals surface area contributed by atoms with Gasteiger partial charge in [0.25, 0.3) is 0 Å². The lowest BCUT2D eigenvalue weighted by atomic mass is 10.3. The molecule has 0 bridgehead atoms. The molecule has 4 nitrogen and oxygen atoms in total. The normalized spacial score (nSPS) is 10.4. The minimum Gasteiger partial charge on any atom is -0.255 e. The Morgan fingerprint density at radius 2 is 1.78 bits per heavy atom. The third kappa shape index (κ3) is 1.84. The molecule has 0 saturated heterocycles. The zero-order valence-electron chi connectivity index (χ0n) is 9.35. The molecule has 0 spiro atoms. The molecule has 3 rings (SSSR count). The van der Waals surface area contributed by atoms with Crippen molar-refractivity contribution < 1.29 is 0 Å². The Balaban J connectivity index is 2.23. The highest BCUT2D eigenvalue weighted by atomic mass is 32.1. The Labute approximate surface area is 107 Å². The van der Waals surface area contributed by atoms with E-state index in [-0.39, 0.29) is 4.87 Å². The van der Waals surface area contributed by atoms with Gasteiger partial charge in [0.2, 0.25) is 0 Å². The van der Waals surface area contributed by atoms with Crippen molar-refractivity contribution in [3.63, 3.8) is 0 Å². The van der Waals surface area contributed by atoms with Gasteiger partial charge in [-0.1, -0.05) is 24.3 Å². The van der Waals surface area contributed by atoms with Crippen LogP contribution in [-0.2, 0) is 0 Å². The summed E-state index contributed by atoms with van der Waals surface area (Å²) in [5, 5.41) is 0. The van der Waals surface area contributed by atoms with Gasteiger partial charge in [-0.15, -0.1) is 0 Å². The van der Waals surface area contributed by atoms with E-state index in [9.17, 15) is 4.79 Å². The van der Waals surface area contributed by atoms with Gasteiger partial charge < -0.3 is 0 Å². The Morgan fingerprint density at radius 1 is 1.00 bits per heavy atom. The molecule has 3 aromatic rings. The van der Waals surface area contributed by atoms with Crippen molar-refractivity contribution in [2.75, 3.05) is 0 Å². The van der Waals surface area contributed by atoms with Crippen molar-refractivity contribution in [3.05, 3.63) is 64.4 Å². The van der Waals surface area contributed by atoms with E-state index in [1.807, 2.05) is 48.5 Å². The molecule has 0 aliphatic rings. The summed E-state index contributed by atoms with van der Waals surface area (Å²) in [6, 6.07) is 15.0. The monoisotopic (exact) mass is 255 g/mol. The number of nitrogens with zero attached hydrogens (tertiary/aromatic N) is 3. The molecule has 0 radical (unpaired) electrons. The summed E-state index contributed by atoms with van der Waals surface area (Å²) >= 11 is 0.938. The van der Waals surface area contributed by atoms with Crippen LogP contribution in [0.2, 0.25) is 0 Å². The molecule has 88 valence electrons. The van der Waals surface area contributed by atoms with Gasteiger partial charge in [-0.2, -0.15) is 4.37 Å². The highest BCUT2D eigenvalue weighted by Gasteiger charge is 2.12. The van der Waals surface area contributed by atoms with Gasteiger partial charge in [0.05, 0.1) is 5.69 Å². The first-order valence-electron chi connectivity index (χ1n) is 5.42. The molecule has 0 amide bonds. The van der Waals surface area contributed by atoms with Crippen LogP contribution in [0.5, 0.6) is 0 Å². The SMILES string of the molecule is O=c1snc(-c2ccccn2)n1-c1ccccc1. The Bertz CT molecular complexity index is 704. The molecule has 5 heteroatoms. The Hall–Kier alpha value is -2.27. The number of aromatic nitrogens is 3. The van der Waals surface area contributed by atoms with Crippen molar-refractivity contribution in [2.24, 2.45) is 0 Å². The largest absolute Gasteiger partial charge is 0.331 e. The molecule has 2 heterocycles. The second-order valence-corrected chi connectivity index (χ2v) is 4.37. The van der Waals surface area contributed by atoms with Crippen LogP contribution in [0.3, 0.4) is 0 Å². The predicted molar refractivity (Wildman–Crippen MR) is 70.9 cm³/mol. The van der Waals surface area contributed by atoms with Crippen LogP contribution in [0.1, 0.15) is 0 Å². The standard InChI is InChI=1S/C13H9N3OS/c17-13-16(10-6-2-1-3-7-10)12(15-18-13)11-8-4-5-9-14-11/h1-9H. The first-order valence-corrected chi connectivity index (χ1v) is 6.19. The van der Waals surface area contributed by atoms with Crippen molar-refractivity contribution in [2.45, 2.75) is 0 Å². The fourth-order valence-corrected chi connectivity index (χ4v) is 2.32. The van der Waals surface area contributed by atoms with Gasteiger partial charge in [0.15, 0.2) is 5.82 Å². The fraction of sp³-hybridized carbons (Fsp3) is 0. The van der Waals surface area contributed by atoms with E-state index < -0.39 is 0 Å². The quantitative estimate of drug-likeness (QED) is 0.706. The summed E-state index contributed by atoms with van der Waals surface area (Å²) in [7, 11) is 0. The van der Waals surface area contributed by atoms with E-state index in [4.69, 9.17) is 0 Å². The summed E-state index contributed by atoms with van der Waals surface area (Å²) in [4.78, 5) is 16.0. The average Bonchev–Trinajstić information content (AvgIpc) is 2.83. The third-order valence-electron chi connectivity index (χ3n) is 2.51. The lowest BCUT2D eigenvalue weighted by Crippen LogP contribution is -2.12. The van der Waals surface area contributed by atoms with Crippen LogP contribution < -0.4 is 4.87 Å². The molecule has 0 unspecified atom stereocenters. The molecule has 0 saturated carbocycles. The first-order chi connectivity index (χ1) is 8.86. The number of pyridine rings is 1. The summed E-state index contributed by atoms with van der Waals surface area (Å²) in [6.45, 7) is 0. The molecule has 18 heavy (non-hydrogen) atoms. The van der Waals surface area contributed by atoms with Crippen molar-refractivity contribution >= 4 is 11.5 Å². The minimum atomic E-state index is -0.109. The van der Waals surface area contributed by atoms with Crippen LogP contribution in [0.25, 0.3) is 17.2 Å². The Kier molecular flexibility index (Phi) is 2.74. The summed E-state index contributed by atoms with van der Waals surface area (Å²) in [6.07, 6.45) is 1.69. The molecular weight excluding hydrogens is 246 g/mol. The van der Waals surface area contributed by atoms with Crippen LogP contribution in [0.15, 0.2) is 59.5 Å². The molecule has 0 N–H and O–H groups in total. The summed E-state index contributed by atoms with van der Waals surface area (Å²) in [5.74, 6) is 0.580. The van der Waals surface area contributed by atoms with Gasteiger partial charge in [0, 0.05) is 17.7 Å². The average molecular weight is 255 g/mol. The molecular formula is C13H9N3OS. The van der Waals surface area contributed by atoms with E-state index >= 15 is 0 Å². The third-order valence-corrected chi connectivity index (χ3v) is 3.12. The maximum Gasteiger partial charge on any atom is 0.331 e. The van der Waals surface area contributed by atoms with Crippen molar-refractivity contribution in [1.29, 1.82) is 0 Å². The van der Waals surface area contributed by atoms with E-state index in [1.165, 1.54) is 0 Å². The smallest absolute Gasteiger partial charge is 0.255 e. The second-order valence-electron chi connectivity index (χ2n) is 3.66. The number of hydrogen-bond acceptors (Lipinski definition) is 4. The molecule has 0 aliphatic heterocycles. The highest BCUT2D eigenvalue weighted by molar-refractivity contribution is 7.03. The fourth-order valence-electron chi connectivity index (χ4n) is 1.71. The van der Waals surface area contributed by atoms with Crippen LogP contribution in [-0.4, -0.2) is 13.9 Å². The number of hydrogen-bond donors (Lipinski definition) is 0. The second kappa shape index (κ2) is 4.54. The van der Waals surface area contributed by atoms with Gasteiger partial charge in [-0.05, 0) is 24.3 Å². The molecule has 0 atom stereocenters. The van der Waals surface area contributed by atoms with E-state index in [2.05, 4.69) is 9.36 Å². The molecule has 2 aromatic heterocycles. The predicted octanol–water partition coefficient (Wildman–Crippen LogP) is 2.36. The maximum absolute atomic E-state index is 11.9. The lowest BCUT2D eigenvalue weighted by molar-refractivity contribution is 1.02. The zero-order valence-corrected chi connectivity index (χ0v) is 10.2. The molecule has 0 aliphatic carbocycles. The van der Waals surface area contributed by atoms with Crippen LogP contribution in [0.4, 0.5) is 0 Å². The number of rotatable bonds is 2. The number of benzene rings is 1. The van der Waals surface area contributed by atoms with Crippen LogP contribution in [0, 0.1) is 0 Å². The van der Waals surface area contributed by atoms with Gasteiger partial charge in [-0.25, -0.2) is 4.57 Å². The summed E-state index contributed by atoms with van der Waals surface area (Å²) in [5.41, 5.74) is 1.50. The lowest BCUT2D eigenvalue weighted by Gasteiger charge is -2.04. The topological polar surface area (TPSA) is 47.8 Å². The number of para-hydroxylation sites is 1. The van der Waals surface area contributed by atoms with E-state index in [0.717, 1.165) is 17.2 Å². The van der Waals surface area contributed by atoms with Gasteiger partial charge in [0.1, 0.15) is 5.69 Å². The van der Waals surface area contributed by atoms with Crippen molar-refractivity contribution in [3.8, 4) is 17.2 Å². The van der Waals surface area contributed by atoms with Gasteiger partial charge >= 0.3 is 4.87 Å². The Morgan fingerprint density at radius 3 is 2.50 bits per heavy atom. The summed E-state index contributed by atoms with van der Waals surface area (Å²) < 4.78 is 5.77. The maximum atomic E-state index is 11.9. The minimum absolute atomic E-state index is 0.109. The van der Waals surface area contributed by atoms with Crippen molar-refractivity contribution in [1.82, 2.24) is 13.9 Å². The first kappa shape index (κ1) is 10.9. The van der Waals surface area contributed by atoms with Crippen LogP contribution >= 0.6 is 11.5 Å².